The summed E-state index contributed by atoms with van der Waals surface area (Å²) in [6.07, 6.45) is 16.4. The summed E-state index contributed by atoms with van der Waals surface area (Å²) in [5.74, 6) is -1.13. The highest BCUT2D eigenvalue weighted by Gasteiger charge is 2.87. The Bertz CT molecular complexity index is 1260. The highest BCUT2D eigenvalue weighted by Crippen LogP contribution is 2.62. The van der Waals surface area contributed by atoms with Gasteiger partial charge in [-0.15, -0.1) is 0 Å². The van der Waals surface area contributed by atoms with E-state index in [1.165, 1.54) is 5.57 Å². The maximum atomic E-state index is 14.3. The number of nitrogens with two attached hydrogens (primary N) is 1. The van der Waals surface area contributed by atoms with Crippen molar-refractivity contribution < 1.29 is 29.0 Å². The van der Waals surface area contributed by atoms with Gasteiger partial charge >= 0.3 is 5.97 Å². The zero-order valence-electron chi connectivity index (χ0n) is 27.2. The zero-order chi connectivity index (χ0) is 31.8. The van der Waals surface area contributed by atoms with E-state index >= 15 is 0 Å². The number of hydrogen-bond donors (Lipinski definition) is 4. The number of nitrogens with one attached hydrogen (secondary N) is 2. The van der Waals surface area contributed by atoms with E-state index in [-0.39, 0.29) is 49.3 Å². The predicted octanol–water partition coefficient (Wildman–Crippen LogP) is 3.65. The molecular weight excluding hydrogens is 570 g/mol. The lowest BCUT2D eigenvalue weighted by atomic mass is 9.60. The highest BCUT2D eigenvalue weighted by molar-refractivity contribution is 6.23. The van der Waals surface area contributed by atoms with Crippen LogP contribution in [0, 0.1) is 29.6 Å². The molecule has 0 bridgehead atoms. The number of aliphatic hydroxyl groups excluding tert-OH is 1. The Morgan fingerprint density at radius 1 is 1.16 bits per heavy atom. The number of ether oxygens (including phenoxy) is 2. The summed E-state index contributed by atoms with van der Waals surface area (Å²) in [6.45, 7) is 5.65. The average Bonchev–Trinajstić information content (AvgIpc) is 3.75. The van der Waals surface area contributed by atoms with E-state index in [0.29, 0.717) is 30.3 Å². The second-order valence-electron chi connectivity index (χ2n) is 14.6. The van der Waals surface area contributed by atoms with Gasteiger partial charge in [-0.1, -0.05) is 43.6 Å². The smallest absolute Gasteiger partial charge is 0.350 e. The van der Waals surface area contributed by atoms with Crippen LogP contribution in [0.3, 0.4) is 0 Å². The number of Topliss-reactive ketones (excluding diaryl/α,β-unsaturated/α-hetero) is 2. The van der Waals surface area contributed by atoms with Crippen molar-refractivity contribution in [3.05, 3.63) is 34.9 Å². The van der Waals surface area contributed by atoms with Gasteiger partial charge in [0.2, 0.25) is 0 Å². The van der Waals surface area contributed by atoms with E-state index in [0.717, 1.165) is 76.5 Å². The van der Waals surface area contributed by atoms with Gasteiger partial charge in [0.15, 0.2) is 17.2 Å². The molecule has 2 heterocycles. The fourth-order valence-corrected chi connectivity index (χ4v) is 9.16. The van der Waals surface area contributed by atoms with Crippen molar-refractivity contribution in [2.75, 3.05) is 26.3 Å². The quantitative estimate of drug-likeness (QED) is 0.117. The Balaban J connectivity index is 1.22. The molecule has 5 N–H and O–H groups in total. The first-order valence-corrected chi connectivity index (χ1v) is 17.6. The number of epoxide rings is 1. The molecule has 6 rings (SSSR count). The molecule has 2 saturated carbocycles. The van der Waals surface area contributed by atoms with Crippen molar-refractivity contribution in [2.24, 2.45) is 35.3 Å². The molecule has 6 aliphatic rings. The average molecular weight is 624 g/mol. The number of rotatable bonds is 11. The van der Waals surface area contributed by atoms with Crippen LogP contribution in [0.5, 0.6) is 0 Å². The first kappa shape index (κ1) is 32.8. The van der Waals surface area contributed by atoms with Crippen LogP contribution in [0.4, 0.5) is 0 Å². The number of fused-ring (bicyclic) bond motifs is 3. The third-order valence-electron chi connectivity index (χ3n) is 11.9. The molecule has 9 heteroatoms. The Morgan fingerprint density at radius 3 is 2.67 bits per heavy atom. The summed E-state index contributed by atoms with van der Waals surface area (Å²) in [6, 6.07) is 0.0617. The summed E-state index contributed by atoms with van der Waals surface area (Å²) in [7, 11) is 0. The molecular formula is C36H53N3O6. The van der Waals surface area contributed by atoms with Gasteiger partial charge in [-0.3, -0.25) is 9.59 Å². The van der Waals surface area contributed by atoms with Crippen molar-refractivity contribution in [2.45, 2.75) is 114 Å². The van der Waals surface area contributed by atoms with E-state index in [9.17, 15) is 19.5 Å². The molecule has 0 radical (unpaired) electrons. The van der Waals surface area contributed by atoms with E-state index in [1.54, 1.807) is 0 Å². The van der Waals surface area contributed by atoms with Gasteiger partial charge < -0.3 is 30.9 Å². The summed E-state index contributed by atoms with van der Waals surface area (Å²) in [4.78, 5) is 42.6. The summed E-state index contributed by atoms with van der Waals surface area (Å²) >= 11 is 0. The van der Waals surface area contributed by atoms with Crippen molar-refractivity contribution in [3.63, 3.8) is 0 Å². The van der Waals surface area contributed by atoms with Gasteiger partial charge in [0.05, 0.1) is 19.4 Å². The number of allylic oxidation sites excluding steroid dienone is 4. The molecule has 4 fully saturated rings. The lowest BCUT2D eigenvalue weighted by Crippen LogP contribution is -2.58. The summed E-state index contributed by atoms with van der Waals surface area (Å²) in [5, 5.41) is 17.3. The van der Waals surface area contributed by atoms with E-state index < -0.39 is 29.0 Å². The number of hydrogen-bond acceptors (Lipinski definition) is 9. The lowest BCUT2D eigenvalue weighted by Gasteiger charge is -2.38. The van der Waals surface area contributed by atoms with Crippen molar-refractivity contribution in [3.8, 4) is 0 Å². The number of piperidine rings is 1. The van der Waals surface area contributed by atoms with Crippen LogP contribution in [-0.4, -0.2) is 72.4 Å². The summed E-state index contributed by atoms with van der Waals surface area (Å²) < 4.78 is 12.3. The van der Waals surface area contributed by atoms with Gasteiger partial charge in [0.1, 0.15) is 0 Å². The number of esters is 1. The third-order valence-corrected chi connectivity index (χ3v) is 11.9. The Hall–Kier alpha value is -2.17. The molecule has 0 aromatic rings. The Labute approximate surface area is 267 Å². The van der Waals surface area contributed by atoms with E-state index in [2.05, 4.69) is 35.8 Å². The Kier molecular flexibility index (Phi) is 9.84. The minimum Gasteiger partial charge on any atom is -0.463 e. The number of carbonyl (C=O) groups is 3. The third kappa shape index (κ3) is 6.04. The molecule has 4 aliphatic carbocycles. The highest BCUT2D eigenvalue weighted by atomic mass is 16.7. The van der Waals surface area contributed by atoms with Gasteiger partial charge in [-0.2, -0.15) is 0 Å². The minimum atomic E-state index is -1.91. The normalized spacial score (nSPS) is 39.6. The topological polar surface area (TPSA) is 143 Å². The minimum absolute atomic E-state index is 0.00394. The molecule has 0 spiro atoms. The van der Waals surface area contributed by atoms with Crippen LogP contribution in [0.1, 0.15) is 90.9 Å². The predicted molar refractivity (Wildman–Crippen MR) is 171 cm³/mol. The van der Waals surface area contributed by atoms with Crippen LogP contribution in [-0.2, 0) is 23.9 Å². The van der Waals surface area contributed by atoms with Crippen LogP contribution < -0.4 is 16.4 Å². The fourth-order valence-electron chi connectivity index (χ4n) is 9.16. The van der Waals surface area contributed by atoms with Gasteiger partial charge in [-0.25, -0.2) is 4.79 Å². The SMILES string of the molecule is CCN[C@H]1C=C2C=CCC[C@H]2C[C@H]1COC(=O)[C@]12O[C@@]1(CC(CO)=C(C)CCC1CCNC(N)C1)C(=O)C1CCCCC1C2=O. The van der Waals surface area contributed by atoms with Gasteiger partial charge in [0.25, 0.3) is 5.60 Å². The zero-order valence-corrected chi connectivity index (χ0v) is 27.2. The Morgan fingerprint density at radius 2 is 1.93 bits per heavy atom. The van der Waals surface area contributed by atoms with Crippen molar-refractivity contribution >= 4 is 17.5 Å². The van der Waals surface area contributed by atoms with Gasteiger partial charge in [-0.05, 0) is 101 Å². The van der Waals surface area contributed by atoms with Crippen molar-refractivity contribution in [1.29, 1.82) is 0 Å². The molecule has 248 valence electrons. The number of likely N-dealkylation sites (N-methyl/N-ethyl adjacent to an activating group) is 1. The van der Waals surface area contributed by atoms with E-state index in [4.69, 9.17) is 15.2 Å². The second kappa shape index (κ2) is 13.5. The second-order valence-corrected chi connectivity index (χ2v) is 14.6. The first-order chi connectivity index (χ1) is 21.7. The molecule has 0 amide bonds. The molecule has 9 atom stereocenters. The fraction of sp³-hybridized carbons (Fsp3) is 0.750. The standard InChI is InChI=1S/C36H53N3O6/c1-3-38-30-18-25-9-5-4-8-24(25)17-26(30)21-44-34(43)36-33(42)29-11-7-6-10-28(29)32(41)35(36,45-36)19-27(20-40)22(2)12-13-23-14-15-39-31(37)16-23/h5,9,18,23-24,26,28-31,38-40H,3-4,6-8,10-17,19-21,37H2,1-2H3/t23?,24-,26-,28?,29?,30-,31?,35-,36-/m0/s1. The maximum absolute atomic E-state index is 14.3. The van der Waals surface area contributed by atoms with Crippen molar-refractivity contribution in [1.82, 2.24) is 10.6 Å². The number of carbonyl (C=O) groups excluding carboxylic acids is 3. The van der Waals surface area contributed by atoms with Crippen LogP contribution in [0.15, 0.2) is 34.9 Å². The molecule has 2 aliphatic heterocycles. The molecule has 0 aromatic heterocycles. The lowest BCUT2D eigenvalue weighted by molar-refractivity contribution is -0.160. The number of aliphatic hydroxyl groups is 1. The van der Waals surface area contributed by atoms with Gasteiger partial charge in [0, 0.05) is 30.2 Å². The number of ketones is 2. The van der Waals surface area contributed by atoms with Crippen LogP contribution in [0.2, 0.25) is 0 Å². The molecule has 2 saturated heterocycles. The van der Waals surface area contributed by atoms with Crippen LogP contribution >= 0.6 is 0 Å². The molecule has 9 nitrogen and oxygen atoms in total. The van der Waals surface area contributed by atoms with E-state index in [1.807, 2.05) is 6.92 Å². The molecule has 4 unspecified atom stereocenters. The largest absolute Gasteiger partial charge is 0.463 e. The summed E-state index contributed by atoms with van der Waals surface area (Å²) in [5.41, 5.74) is 5.62. The molecule has 45 heavy (non-hydrogen) atoms. The van der Waals surface area contributed by atoms with Crippen LogP contribution in [0.25, 0.3) is 0 Å². The molecule has 0 aromatic carbocycles. The monoisotopic (exact) mass is 623 g/mol. The first-order valence-electron chi connectivity index (χ1n) is 17.6. The maximum Gasteiger partial charge on any atom is 0.350 e.